The number of rotatable bonds is 6. The first-order valence-electron chi connectivity index (χ1n) is 9.85. The van der Waals surface area contributed by atoms with Gasteiger partial charge in [0.2, 0.25) is 5.91 Å². The number of anilines is 1. The SMILES string of the molecule is O=C(CCCN1C(=O)NC2(CCCC2)C1=O)Nc1cccc(C2SCCS2)c1. The molecule has 0 bridgehead atoms. The van der Waals surface area contributed by atoms with E-state index in [-0.39, 0.29) is 30.8 Å². The lowest BCUT2D eigenvalue weighted by molar-refractivity contribution is -0.131. The summed E-state index contributed by atoms with van der Waals surface area (Å²) in [5.74, 6) is 2.12. The van der Waals surface area contributed by atoms with Gasteiger partial charge < -0.3 is 10.6 Å². The van der Waals surface area contributed by atoms with Crippen LogP contribution in [0.15, 0.2) is 24.3 Å². The van der Waals surface area contributed by atoms with Crippen LogP contribution in [-0.4, -0.2) is 46.3 Å². The number of thioether (sulfide) groups is 2. The Bertz CT molecular complexity index is 774. The summed E-state index contributed by atoms with van der Waals surface area (Å²) in [7, 11) is 0. The van der Waals surface area contributed by atoms with Gasteiger partial charge in [-0.25, -0.2) is 4.79 Å². The van der Waals surface area contributed by atoms with Crippen LogP contribution in [0.3, 0.4) is 0 Å². The van der Waals surface area contributed by atoms with E-state index in [1.165, 1.54) is 10.5 Å². The molecule has 1 spiro atoms. The van der Waals surface area contributed by atoms with E-state index in [1.54, 1.807) is 0 Å². The summed E-state index contributed by atoms with van der Waals surface area (Å²) in [6.07, 6.45) is 4.14. The van der Waals surface area contributed by atoms with Crippen molar-refractivity contribution in [3.05, 3.63) is 29.8 Å². The van der Waals surface area contributed by atoms with Crippen molar-refractivity contribution in [2.24, 2.45) is 0 Å². The van der Waals surface area contributed by atoms with Crippen LogP contribution in [0.5, 0.6) is 0 Å². The third-order valence-electron chi connectivity index (χ3n) is 5.55. The topological polar surface area (TPSA) is 78.5 Å². The molecule has 1 aliphatic carbocycles. The zero-order valence-electron chi connectivity index (χ0n) is 15.7. The van der Waals surface area contributed by atoms with E-state index in [0.29, 0.717) is 11.0 Å². The number of nitrogens with one attached hydrogen (secondary N) is 2. The quantitative estimate of drug-likeness (QED) is 0.687. The Balaban J connectivity index is 1.26. The van der Waals surface area contributed by atoms with Crippen LogP contribution < -0.4 is 10.6 Å². The van der Waals surface area contributed by atoms with Gasteiger partial charge in [-0.05, 0) is 37.0 Å². The molecule has 4 amide bonds. The highest BCUT2D eigenvalue weighted by Crippen LogP contribution is 2.45. The Hall–Kier alpha value is -1.67. The van der Waals surface area contributed by atoms with Crippen molar-refractivity contribution in [2.75, 3.05) is 23.4 Å². The van der Waals surface area contributed by atoms with Gasteiger partial charge in [-0.15, -0.1) is 23.5 Å². The largest absolute Gasteiger partial charge is 0.326 e. The number of hydrogen-bond donors (Lipinski definition) is 2. The fraction of sp³-hybridized carbons (Fsp3) is 0.550. The first-order chi connectivity index (χ1) is 13.6. The lowest BCUT2D eigenvalue weighted by Crippen LogP contribution is -2.44. The zero-order chi connectivity index (χ0) is 19.6. The van der Waals surface area contributed by atoms with Gasteiger partial charge in [0.1, 0.15) is 5.54 Å². The molecule has 0 unspecified atom stereocenters. The lowest BCUT2D eigenvalue weighted by Gasteiger charge is -2.19. The van der Waals surface area contributed by atoms with Gasteiger partial charge in [0, 0.05) is 30.2 Å². The summed E-state index contributed by atoms with van der Waals surface area (Å²) in [5.41, 5.74) is 1.36. The van der Waals surface area contributed by atoms with Gasteiger partial charge in [-0.3, -0.25) is 14.5 Å². The minimum atomic E-state index is -0.671. The number of nitrogens with zero attached hydrogens (tertiary/aromatic N) is 1. The first kappa shape index (κ1) is 19.6. The van der Waals surface area contributed by atoms with E-state index < -0.39 is 5.54 Å². The molecule has 1 aromatic rings. The third kappa shape index (κ3) is 4.03. The van der Waals surface area contributed by atoms with Crippen LogP contribution in [0.2, 0.25) is 0 Å². The number of imide groups is 1. The first-order valence-corrected chi connectivity index (χ1v) is 11.9. The fourth-order valence-corrected chi connectivity index (χ4v) is 6.97. The molecule has 3 fully saturated rings. The average Bonchev–Trinajstić information content (AvgIpc) is 3.41. The number of carbonyl (C=O) groups is 3. The van der Waals surface area contributed by atoms with Crippen molar-refractivity contribution in [2.45, 2.75) is 48.6 Å². The maximum absolute atomic E-state index is 12.6. The minimum Gasteiger partial charge on any atom is -0.326 e. The number of carbonyl (C=O) groups excluding carboxylic acids is 3. The van der Waals surface area contributed by atoms with Gasteiger partial charge in [0.25, 0.3) is 5.91 Å². The number of amides is 4. The molecule has 0 aromatic heterocycles. The Labute approximate surface area is 173 Å². The summed E-state index contributed by atoms with van der Waals surface area (Å²) in [4.78, 5) is 38.4. The Morgan fingerprint density at radius 3 is 2.71 bits per heavy atom. The van der Waals surface area contributed by atoms with Crippen molar-refractivity contribution >= 4 is 47.1 Å². The van der Waals surface area contributed by atoms with Crippen LogP contribution in [0, 0.1) is 0 Å². The van der Waals surface area contributed by atoms with Crippen LogP contribution in [-0.2, 0) is 9.59 Å². The van der Waals surface area contributed by atoms with Crippen LogP contribution in [0.1, 0.15) is 48.7 Å². The van der Waals surface area contributed by atoms with Gasteiger partial charge in [-0.2, -0.15) is 0 Å². The summed E-state index contributed by atoms with van der Waals surface area (Å²) >= 11 is 3.87. The van der Waals surface area contributed by atoms with Crippen LogP contribution >= 0.6 is 23.5 Å². The fourth-order valence-electron chi connectivity index (χ4n) is 4.13. The van der Waals surface area contributed by atoms with E-state index in [0.717, 1.165) is 42.9 Å². The average molecular weight is 420 g/mol. The predicted molar refractivity (Wildman–Crippen MR) is 113 cm³/mol. The zero-order valence-corrected chi connectivity index (χ0v) is 17.4. The molecule has 2 aliphatic heterocycles. The molecular formula is C20H25N3O3S2. The Kier molecular flexibility index (Phi) is 5.87. The normalized spacial score (nSPS) is 21.5. The van der Waals surface area contributed by atoms with E-state index in [4.69, 9.17) is 0 Å². The van der Waals surface area contributed by atoms with Crippen molar-refractivity contribution in [3.8, 4) is 0 Å². The molecule has 8 heteroatoms. The molecule has 1 saturated carbocycles. The van der Waals surface area contributed by atoms with Crippen LogP contribution in [0.25, 0.3) is 0 Å². The molecule has 2 heterocycles. The van der Waals surface area contributed by atoms with Crippen molar-refractivity contribution < 1.29 is 14.4 Å². The van der Waals surface area contributed by atoms with Crippen molar-refractivity contribution in [3.63, 3.8) is 0 Å². The molecule has 2 N–H and O–H groups in total. The number of urea groups is 1. The summed E-state index contributed by atoms with van der Waals surface area (Å²) in [6, 6.07) is 7.69. The number of hydrogen-bond acceptors (Lipinski definition) is 5. The van der Waals surface area contributed by atoms with E-state index in [2.05, 4.69) is 16.7 Å². The van der Waals surface area contributed by atoms with Crippen molar-refractivity contribution in [1.29, 1.82) is 0 Å². The molecule has 1 aromatic carbocycles. The highest BCUT2D eigenvalue weighted by Gasteiger charge is 2.52. The van der Waals surface area contributed by atoms with E-state index in [9.17, 15) is 14.4 Å². The summed E-state index contributed by atoms with van der Waals surface area (Å²) in [5, 5.41) is 5.81. The van der Waals surface area contributed by atoms with Crippen LogP contribution in [0.4, 0.5) is 10.5 Å². The molecule has 6 nitrogen and oxygen atoms in total. The standard InChI is InChI=1S/C20H25N3O3S2/c24-16(21-15-6-3-5-14(13-15)17-27-11-12-28-17)7-4-10-23-18(25)20(22-19(23)26)8-1-2-9-20/h3,5-6,13,17H,1-2,4,7-12H2,(H,21,24)(H,22,26). The third-order valence-corrected chi connectivity index (χ3v) is 8.66. The second-order valence-electron chi connectivity index (χ2n) is 7.53. The highest BCUT2D eigenvalue weighted by atomic mass is 32.2. The monoisotopic (exact) mass is 419 g/mol. The second-order valence-corrected chi connectivity index (χ2v) is 10.3. The molecule has 28 heavy (non-hydrogen) atoms. The van der Waals surface area contributed by atoms with Crippen molar-refractivity contribution in [1.82, 2.24) is 10.2 Å². The van der Waals surface area contributed by atoms with E-state index >= 15 is 0 Å². The Morgan fingerprint density at radius 2 is 1.96 bits per heavy atom. The highest BCUT2D eigenvalue weighted by molar-refractivity contribution is 8.19. The van der Waals surface area contributed by atoms with Gasteiger partial charge in [0.15, 0.2) is 0 Å². The van der Waals surface area contributed by atoms with Gasteiger partial charge >= 0.3 is 6.03 Å². The molecule has 150 valence electrons. The lowest BCUT2D eigenvalue weighted by atomic mass is 9.98. The predicted octanol–water partition coefficient (Wildman–Crippen LogP) is 3.75. The van der Waals surface area contributed by atoms with Gasteiger partial charge in [0.05, 0.1) is 4.58 Å². The maximum Gasteiger partial charge on any atom is 0.325 e. The van der Waals surface area contributed by atoms with Gasteiger partial charge in [-0.1, -0.05) is 25.0 Å². The summed E-state index contributed by atoms with van der Waals surface area (Å²) in [6.45, 7) is 0.287. The molecule has 4 rings (SSSR count). The minimum absolute atomic E-state index is 0.0912. The maximum atomic E-state index is 12.6. The molecule has 0 atom stereocenters. The Morgan fingerprint density at radius 1 is 1.21 bits per heavy atom. The second kappa shape index (κ2) is 8.37. The smallest absolute Gasteiger partial charge is 0.325 e. The number of benzene rings is 1. The molecular weight excluding hydrogens is 394 g/mol. The van der Waals surface area contributed by atoms with E-state index in [1.807, 2.05) is 41.7 Å². The molecule has 0 radical (unpaired) electrons. The summed E-state index contributed by atoms with van der Waals surface area (Å²) < 4.78 is 0.444. The molecule has 2 saturated heterocycles. The molecule has 3 aliphatic rings.